The number of nitrogens with two attached hydrogens (primary N) is 1. The Morgan fingerprint density at radius 1 is 1.15 bits per heavy atom. The van der Waals surface area contributed by atoms with Crippen molar-refractivity contribution in [1.29, 1.82) is 0 Å². The number of ether oxygens (including phenoxy) is 1. The van der Waals surface area contributed by atoms with Gasteiger partial charge in [-0.1, -0.05) is 23.7 Å². The monoisotopic (exact) mass is 573 g/mol. The Bertz CT molecular complexity index is 1440. The van der Waals surface area contributed by atoms with E-state index < -0.39 is 10.0 Å². The molecule has 0 saturated carbocycles. The van der Waals surface area contributed by atoms with Crippen molar-refractivity contribution >= 4 is 56.4 Å². The van der Waals surface area contributed by atoms with Crippen molar-refractivity contribution in [1.82, 2.24) is 14.3 Å². The molecule has 0 spiro atoms. The lowest BCUT2D eigenvalue weighted by atomic mass is 9.96. The highest BCUT2D eigenvalue weighted by molar-refractivity contribution is 7.89. The third kappa shape index (κ3) is 6.52. The summed E-state index contributed by atoms with van der Waals surface area (Å²) in [7, 11) is -0.770. The molecular weight excluding hydrogens is 542 g/mol. The number of piperidine rings is 1. The second-order valence-electron chi connectivity index (χ2n) is 9.20. The summed E-state index contributed by atoms with van der Waals surface area (Å²) in [5.74, 6) is 0.757. The molecule has 13 heteroatoms. The Kier molecular flexibility index (Phi) is 8.78. The number of anilines is 5. The van der Waals surface area contributed by atoms with Gasteiger partial charge >= 0.3 is 0 Å². The fraction of sp³-hybridized carbons (Fsp3) is 0.346. The first kappa shape index (κ1) is 28.4. The van der Waals surface area contributed by atoms with Crippen LogP contribution < -0.4 is 26.0 Å². The molecule has 39 heavy (non-hydrogen) atoms. The van der Waals surface area contributed by atoms with Crippen molar-refractivity contribution in [2.75, 3.05) is 49.3 Å². The van der Waals surface area contributed by atoms with E-state index in [-0.39, 0.29) is 33.5 Å². The second-order valence-corrected chi connectivity index (χ2v) is 11.7. The van der Waals surface area contributed by atoms with Crippen molar-refractivity contribution in [3.63, 3.8) is 0 Å². The number of rotatable bonds is 10. The van der Waals surface area contributed by atoms with Crippen molar-refractivity contribution in [2.45, 2.75) is 24.7 Å². The number of halogens is 1. The normalized spacial score (nSPS) is 14.3. The summed E-state index contributed by atoms with van der Waals surface area (Å²) < 4.78 is 32.6. The van der Waals surface area contributed by atoms with E-state index in [1.807, 2.05) is 25.1 Å². The summed E-state index contributed by atoms with van der Waals surface area (Å²) in [4.78, 5) is 22.6. The van der Waals surface area contributed by atoms with Gasteiger partial charge in [-0.05, 0) is 44.0 Å². The van der Waals surface area contributed by atoms with Crippen LogP contribution in [0.2, 0.25) is 5.02 Å². The molecule has 1 aliphatic rings. The highest BCUT2D eigenvalue weighted by atomic mass is 35.5. The van der Waals surface area contributed by atoms with Crippen molar-refractivity contribution in [3.8, 4) is 5.75 Å². The maximum absolute atomic E-state index is 12.8. The molecular formula is C26H32ClN7O4S. The number of carbonyl (C=O) groups excluding carboxylic acids is 1. The second kappa shape index (κ2) is 12.1. The number of hydrogen-bond donors (Lipinski definition) is 3. The number of amides is 1. The Morgan fingerprint density at radius 2 is 1.87 bits per heavy atom. The first-order valence-electron chi connectivity index (χ1n) is 12.5. The van der Waals surface area contributed by atoms with Gasteiger partial charge in [0.2, 0.25) is 21.9 Å². The van der Waals surface area contributed by atoms with Gasteiger partial charge < -0.3 is 26.0 Å². The zero-order valence-corrected chi connectivity index (χ0v) is 23.6. The summed E-state index contributed by atoms with van der Waals surface area (Å²) in [6.07, 6.45) is 2.86. The van der Waals surface area contributed by atoms with Crippen LogP contribution in [-0.4, -0.2) is 62.4 Å². The smallest absolute Gasteiger partial charge is 0.244 e. The molecule has 3 aromatic rings. The van der Waals surface area contributed by atoms with Crippen LogP contribution in [0.25, 0.3) is 0 Å². The van der Waals surface area contributed by atoms with Crippen LogP contribution in [0.1, 0.15) is 19.8 Å². The minimum absolute atomic E-state index is 0.0895. The van der Waals surface area contributed by atoms with E-state index in [9.17, 15) is 13.2 Å². The molecule has 0 aliphatic carbocycles. The Balaban J connectivity index is 1.57. The van der Waals surface area contributed by atoms with E-state index in [0.29, 0.717) is 36.6 Å². The predicted octanol–water partition coefficient (Wildman–Crippen LogP) is 3.97. The Morgan fingerprint density at radius 3 is 2.54 bits per heavy atom. The number of carbonyl (C=O) groups is 1. The average Bonchev–Trinajstić information content (AvgIpc) is 2.92. The minimum Gasteiger partial charge on any atom is -0.492 e. The number of nitrogens with one attached hydrogen (secondary N) is 2. The van der Waals surface area contributed by atoms with E-state index in [4.69, 9.17) is 22.1 Å². The summed E-state index contributed by atoms with van der Waals surface area (Å²) in [6.45, 7) is 3.81. The van der Waals surface area contributed by atoms with Gasteiger partial charge in [-0.3, -0.25) is 4.79 Å². The van der Waals surface area contributed by atoms with Crippen LogP contribution in [0, 0.1) is 5.92 Å². The number of para-hydroxylation sites is 1. The molecule has 2 aromatic carbocycles. The van der Waals surface area contributed by atoms with Crippen LogP contribution in [0.3, 0.4) is 0 Å². The van der Waals surface area contributed by atoms with Crippen molar-refractivity contribution in [2.24, 2.45) is 11.7 Å². The third-order valence-electron chi connectivity index (χ3n) is 6.42. The topological polar surface area (TPSA) is 143 Å². The van der Waals surface area contributed by atoms with Gasteiger partial charge in [0.25, 0.3) is 0 Å². The zero-order valence-electron chi connectivity index (χ0n) is 22.0. The van der Waals surface area contributed by atoms with Crippen molar-refractivity contribution in [3.05, 3.63) is 53.7 Å². The molecule has 0 radical (unpaired) electrons. The molecule has 1 fully saturated rings. The fourth-order valence-electron chi connectivity index (χ4n) is 4.26. The largest absolute Gasteiger partial charge is 0.492 e. The van der Waals surface area contributed by atoms with Gasteiger partial charge in [-0.2, -0.15) is 4.98 Å². The number of aromatic nitrogens is 2. The summed E-state index contributed by atoms with van der Waals surface area (Å²) in [6, 6.07) is 12.3. The van der Waals surface area contributed by atoms with E-state index in [2.05, 4.69) is 25.5 Å². The molecule has 11 nitrogen and oxygen atoms in total. The molecule has 4 rings (SSSR count). The maximum Gasteiger partial charge on any atom is 0.244 e. The first-order chi connectivity index (χ1) is 18.6. The van der Waals surface area contributed by atoms with Gasteiger partial charge in [0.15, 0.2) is 5.82 Å². The predicted molar refractivity (Wildman–Crippen MR) is 153 cm³/mol. The SMILES string of the molecule is CCOc1cc(N2CCC(C(N)=O)CC2)ccc1Nc1ncc(Cl)c(Nc2ccccc2S(=O)(=O)N(C)C)n1. The van der Waals surface area contributed by atoms with Crippen molar-refractivity contribution < 1.29 is 17.9 Å². The van der Waals surface area contributed by atoms with E-state index >= 15 is 0 Å². The Hall–Kier alpha value is -3.61. The molecule has 208 valence electrons. The van der Waals surface area contributed by atoms with E-state index in [1.54, 1.807) is 18.2 Å². The molecule has 0 bridgehead atoms. The highest BCUT2D eigenvalue weighted by Gasteiger charge is 2.24. The van der Waals surface area contributed by atoms with Crippen LogP contribution >= 0.6 is 11.6 Å². The molecule has 1 saturated heterocycles. The fourth-order valence-corrected chi connectivity index (χ4v) is 5.44. The van der Waals surface area contributed by atoms with Crippen LogP contribution in [0.4, 0.5) is 28.8 Å². The van der Waals surface area contributed by atoms with Gasteiger partial charge in [0, 0.05) is 44.9 Å². The van der Waals surface area contributed by atoms with Gasteiger partial charge in [-0.25, -0.2) is 17.7 Å². The number of benzene rings is 2. The van der Waals surface area contributed by atoms with Crippen LogP contribution in [-0.2, 0) is 14.8 Å². The lowest BCUT2D eigenvalue weighted by Crippen LogP contribution is -2.38. The molecule has 1 aliphatic heterocycles. The van der Waals surface area contributed by atoms with Gasteiger partial charge in [0.1, 0.15) is 15.7 Å². The number of primary amides is 1. The Labute approximate surface area is 233 Å². The molecule has 2 heterocycles. The molecule has 0 atom stereocenters. The number of sulfonamides is 1. The maximum atomic E-state index is 12.8. The van der Waals surface area contributed by atoms with Crippen LogP contribution in [0.5, 0.6) is 5.75 Å². The quantitative estimate of drug-likeness (QED) is 0.328. The number of nitrogens with zero attached hydrogens (tertiary/aromatic N) is 4. The summed E-state index contributed by atoms with van der Waals surface area (Å²) in [5.41, 5.74) is 7.43. The van der Waals surface area contributed by atoms with Crippen LogP contribution in [0.15, 0.2) is 53.6 Å². The van der Waals surface area contributed by atoms with Gasteiger partial charge in [-0.15, -0.1) is 0 Å². The standard InChI is InChI=1S/C26H32ClN7O4S/c1-4-38-22-15-18(34-13-11-17(12-14-34)24(28)35)9-10-20(22)31-26-29-16-19(27)25(32-26)30-21-7-5-6-8-23(21)39(36,37)33(2)3/h5-10,15-17H,4,11-14H2,1-3H3,(H2,28,35)(H2,29,30,31,32). The van der Waals surface area contributed by atoms with E-state index in [0.717, 1.165) is 23.1 Å². The number of hydrogen-bond acceptors (Lipinski definition) is 9. The minimum atomic E-state index is -3.71. The molecule has 1 aromatic heterocycles. The lowest BCUT2D eigenvalue weighted by molar-refractivity contribution is -0.122. The average molecular weight is 574 g/mol. The zero-order chi connectivity index (χ0) is 28.2. The van der Waals surface area contributed by atoms with Gasteiger partial charge in [0.05, 0.1) is 24.2 Å². The summed E-state index contributed by atoms with van der Waals surface area (Å²) in [5, 5.41) is 6.43. The molecule has 0 unspecified atom stereocenters. The first-order valence-corrected chi connectivity index (χ1v) is 14.3. The molecule has 4 N–H and O–H groups in total. The molecule has 1 amide bonds. The highest BCUT2D eigenvalue weighted by Crippen LogP contribution is 2.35. The van der Waals surface area contributed by atoms with E-state index in [1.165, 1.54) is 26.4 Å². The summed E-state index contributed by atoms with van der Waals surface area (Å²) >= 11 is 6.36. The third-order valence-corrected chi connectivity index (χ3v) is 8.57. The lowest BCUT2D eigenvalue weighted by Gasteiger charge is -2.32.